The maximum absolute atomic E-state index is 5.94. The van der Waals surface area contributed by atoms with E-state index in [1.54, 1.807) is 6.20 Å². The molecule has 1 N–H and O–H groups in total. The van der Waals surface area contributed by atoms with Gasteiger partial charge in [-0.3, -0.25) is 0 Å². The monoisotopic (exact) mass is 240 g/mol. The number of nitrogens with zero attached hydrogens (tertiary/aromatic N) is 3. The predicted molar refractivity (Wildman–Crippen MR) is 65.8 cm³/mol. The largest absolute Gasteiger partial charge is 0.367 e. The fraction of sp³-hybridized carbons (Fsp3) is 0.636. The number of piperidine rings is 1. The number of rotatable bonds is 4. The number of aromatic nitrogens is 2. The van der Waals surface area contributed by atoms with Gasteiger partial charge in [-0.15, -0.1) is 0 Å². The third-order valence-electron chi connectivity index (χ3n) is 2.84. The van der Waals surface area contributed by atoms with Gasteiger partial charge in [-0.05, 0) is 25.9 Å². The maximum atomic E-state index is 5.94. The number of halogens is 1. The summed E-state index contributed by atoms with van der Waals surface area (Å²) in [5.74, 6) is 0.730. The fourth-order valence-electron chi connectivity index (χ4n) is 1.96. The average molecular weight is 241 g/mol. The molecule has 1 fully saturated rings. The normalized spacial score (nSPS) is 17.3. The molecule has 88 valence electrons. The van der Waals surface area contributed by atoms with Crippen LogP contribution in [-0.2, 0) is 0 Å². The Hall–Kier alpha value is -0.870. The van der Waals surface area contributed by atoms with E-state index >= 15 is 0 Å². The smallest absolute Gasteiger partial charge is 0.148 e. The van der Waals surface area contributed by atoms with E-state index in [1.807, 2.05) is 0 Å². The van der Waals surface area contributed by atoms with Crippen molar-refractivity contribution < 1.29 is 0 Å². The van der Waals surface area contributed by atoms with Crippen molar-refractivity contribution in [3.8, 4) is 0 Å². The number of nitrogens with one attached hydrogen (secondary N) is 1. The highest BCUT2D eigenvalue weighted by atomic mass is 35.5. The summed E-state index contributed by atoms with van der Waals surface area (Å²) in [6.07, 6.45) is 7.15. The second-order valence-corrected chi connectivity index (χ2v) is 4.46. The lowest BCUT2D eigenvalue weighted by Crippen LogP contribution is -2.33. The first-order chi connectivity index (χ1) is 7.86. The molecule has 0 unspecified atom stereocenters. The highest BCUT2D eigenvalue weighted by molar-refractivity contribution is 6.32. The van der Waals surface area contributed by atoms with E-state index in [2.05, 4.69) is 20.2 Å². The van der Waals surface area contributed by atoms with Crippen molar-refractivity contribution in [1.29, 1.82) is 0 Å². The molecule has 1 aromatic heterocycles. The molecule has 4 nitrogen and oxygen atoms in total. The summed E-state index contributed by atoms with van der Waals surface area (Å²) in [5, 5.41) is 3.82. The van der Waals surface area contributed by atoms with Gasteiger partial charge in [0, 0.05) is 13.1 Å². The van der Waals surface area contributed by atoms with Crippen LogP contribution in [0.25, 0.3) is 0 Å². The van der Waals surface area contributed by atoms with Crippen LogP contribution in [0.3, 0.4) is 0 Å². The van der Waals surface area contributed by atoms with Gasteiger partial charge in [0.2, 0.25) is 0 Å². The van der Waals surface area contributed by atoms with Crippen LogP contribution in [0.2, 0.25) is 5.02 Å². The highest BCUT2D eigenvalue weighted by Gasteiger charge is 2.09. The van der Waals surface area contributed by atoms with Crippen molar-refractivity contribution in [2.75, 3.05) is 31.5 Å². The zero-order valence-corrected chi connectivity index (χ0v) is 10.1. The number of likely N-dealkylation sites (tertiary alicyclic amines) is 1. The summed E-state index contributed by atoms with van der Waals surface area (Å²) in [6, 6.07) is 0. The molecule has 0 saturated carbocycles. The van der Waals surface area contributed by atoms with Gasteiger partial charge >= 0.3 is 0 Å². The molecule has 0 atom stereocenters. The Morgan fingerprint density at radius 2 is 2.12 bits per heavy atom. The molecule has 0 spiro atoms. The van der Waals surface area contributed by atoms with E-state index < -0.39 is 0 Å². The first kappa shape index (κ1) is 11.6. The lowest BCUT2D eigenvalue weighted by molar-refractivity contribution is 0.237. The van der Waals surface area contributed by atoms with Crippen LogP contribution in [0.15, 0.2) is 12.5 Å². The Labute approximate surface area is 101 Å². The Balaban J connectivity index is 1.73. The summed E-state index contributed by atoms with van der Waals surface area (Å²) >= 11 is 5.94. The second kappa shape index (κ2) is 6.01. The summed E-state index contributed by atoms with van der Waals surface area (Å²) < 4.78 is 0. The predicted octanol–water partition coefficient (Wildman–Crippen LogP) is 2.03. The molecule has 16 heavy (non-hydrogen) atoms. The van der Waals surface area contributed by atoms with Crippen LogP contribution in [0.4, 0.5) is 5.82 Å². The minimum Gasteiger partial charge on any atom is -0.367 e. The van der Waals surface area contributed by atoms with E-state index in [0.29, 0.717) is 5.02 Å². The maximum Gasteiger partial charge on any atom is 0.148 e. The first-order valence-electron chi connectivity index (χ1n) is 5.78. The van der Waals surface area contributed by atoms with Crippen LogP contribution in [0.5, 0.6) is 0 Å². The molecule has 1 aromatic rings. The van der Waals surface area contributed by atoms with E-state index in [0.717, 1.165) is 18.9 Å². The first-order valence-corrected chi connectivity index (χ1v) is 6.16. The van der Waals surface area contributed by atoms with Gasteiger partial charge in [0.1, 0.15) is 17.2 Å². The Kier molecular flexibility index (Phi) is 4.36. The minimum atomic E-state index is 0.584. The average Bonchev–Trinajstić information content (AvgIpc) is 2.33. The molecule has 5 heteroatoms. The number of hydrogen-bond acceptors (Lipinski definition) is 4. The topological polar surface area (TPSA) is 41.1 Å². The molecule has 2 heterocycles. The molecule has 1 saturated heterocycles. The number of anilines is 1. The van der Waals surface area contributed by atoms with Crippen molar-refractivity contribution in [3.63, 3.8) is 0 Å². The van der Waals surface area contributed by atoms with Gasteiger partial charge in [-0.25, -0.2) is 9.97 Å². The molecule has 2 rings (SSSR count). The highest BCUT2D eigenvalue weighted by Crippen LogP contribution is 2.15. The van der Waals surface area contributed by atoms with Crippen molar-refractivity contribution >= 4 is 17.4 Å². The summed E-state index contributed by atoms with van der Waals surface area (Å²) in [6.45, 7) is 4.38. The van der Waals surface area contributed by atoms with Crippen molar-refractivity contribution in [2.45, 2.75) is 19.3 Å². The van der Waals surface area contributed by atoms with E-state index in [9.17, 15) is 0 Å². The van der Waals surface area contributed by atoms with Crippen molar-refractivity contribution in [2.24, 2.45) is 0 Å². The standard InChI is InChI=1S/C11H17ClN4/c12-10-8-13-9-15-11(10)14-4-7-16-5-2-1-3-6-16/h8-9H,1-7H2,(H,13,14,15). The van der Waals surface area contributed by atoms with Crippen LogP contribution in [-0.4, -0.2) is 41.0 Å². The molecular weight excluding hydrogens is 224 g/mol. The van der Waals surface area contributed by atoms with E-state index in [4.69, 9.17) is 11.6 Å². The SMILES string of the molecule is Clc1cncnc1NCCN1CCCCC1. The van der Waals surface area contributed by atoms with Gasteiger partial charge in [-0.1, -0.05) is 18.0 Å². The molecule has 0 bridgehead atoms. The van der Waals surface area contributed by atoms with Gasteiger partial charge < -0.3 is 10.2 Å². The molecule has 0 aliphatic carbocycles. The summed E-state index contributed by atoms with van der Waals surface area (Å²) in [5.41, 5.74) is 0. The lowest BCUT2D eigenvalue weighted by Gasteiger charge is -2.26. The van der Waals surface area contributed by atoms with Crippen LogP contribution in [0.1, 0.15) is 19.3 Å². The Morgan fingerprint density at radius 3 is 2.88 bits per heavy atom. The van der Waals surface area contributed by atoms with Crippen molar-refractivity contribution in [3.05, 3.63) is 17.5 Å². The van der Waals surface area contributed by atoms with Crippen LogP contribution < -0.4 is 5.32 Å². The zero-order valence-electron chi connectivity index (χ0n) is 9.32. The minimum absolute atomic E-state index is 0.584. The number of hydrogen-bond donors (Lipinski definition) is 1. The Morgan fingerprint density at radius 1 is 1.31 bits per heavy atom. The molecule has 0 aromatic carbocycles. The van der Waals surface area contributed by atoms with E-state index in [1.165, 1.54) is 38.7 Å². The third-order valence-corrected chi connectivity index (χ3v) is 3.11. The van der Waals surface area contributed by atoms with Gasteiger partial charge in [-0.2, -0.15) is 0 Å². The van der Waals surface area contributed by atoms with Crippen LogP contribution in [0, 0.1) is 0 Å². The second-order valence-electron chi connectivity index (χ2n) is 4.05. The molecule has 1 aliphatic rings. The van der Waals surface area contributed by atoms with Gasteiger partial charge in [0.25, 0.3) is 0 Å². The summed E-state index contributed by atoms with van der Waals surface area (Å²) in [7, 11) is 0. The third kappa shape index (κ3) is 3.32. The molecular formula is C11H17ClN4. The molecule has 1 aliphatic heterocycles. The quantitative estimate of drug-likeness (QED) is 0.875. The van der Waals surface area contributed by atoms with Gasteiger partial charge in [0.05, 0.1) is 6.20 Å². The van der Waals surface area contributed by atoms with Gasteiger partial charge in [0.15, 0.2) is 0 Å². The zero-order chi connectivity index (χ0) is 11.2. The molecule has 0 radical (unpaired) electrons. The molecule has 0 amide bonds. The van der Waals surface area contributed by atoms with Crippen LogP contribution >= 0.6 is 11.6 Å². The van der Waals surface area contributed by atoms with E-state index in [-0.39, 0.29) is 0 Å². The van der Waals surface area contributed by atoms with Crippen molar-refractivity contribution in [1.82, 2.24) is 14.9 Å². The fourth-order valence-corrected chi connectivity index (χ4v) is 2.13. The Bertz CT molecular complexity index is 326. The lowest BCUT2D eigenvalue weighted by atomic mass is 10.1. The summed E-state index contributed by atoms with van der Waals surface area (Å²) in [4.78, 5) is 10.4.